The lowest BCUT2D eigenvalue weighted by atomic mass is 10.0. The molecule has 0 atom stereocenters. The molecule has 8 aromatic heterocycles. The number of carbonyl (C=O) groups is 4. The van der Waals surface area contributed by atoms with Crippen molar-refractivity contribution < 1.29 is 57.3 Å². The molecule has 6 N–H and O–H groups in total. The quantitative estimate of drug-likeness (QED) is 0.00672. The number of aldehydes is 1. The molecule has 16 aromatic rings. The Bertz CT molecular complexity index is 7080. The number of halogens is 1. The number of pyridine rings is 4. The van der Waals surface area contributed by atoms with Crippen molar-refractivity contribution in [3.63, 3.8) is 0 Å². The van der Waals surface area contributed by atoms with E-state index in [2.05, 4.69) is 203 Å². The van der Waals surface area contributed by atoms with Gasteiger partial charge in [-0.2, -0.15) is 15.5 Å². The molecule has 0 amide bonds. The summed E-state index contributed by atoms with van der Waals surface area (Å²) in [5.41, 5.74) is 32.3. The highest BCUT2D eigenvalue weighted by molar-refractivity contribution is 6.80. The fraction of sp³-hybridized carbons (Fsp3) is 0.231. The van der Waals surface area contributed by atoms with E-state index in [0.717, 1.165) is 141 Å². The summed E-state index contributed by atoms with van der Waals surface area (Å²) < 4.78 is 42.0. The number of rotatable bonds is 19. The van der Waals surface area contributed by atoms with Gasteiger partial charge in [-0.1, -0.05) is 95.2 Å². The van der Waals surface area contributed by atoms with E-state index in [0.29, 0.717) is 45.1 Å². The lowest BCUT2D eigenvalue weighted by Gasteiger charge is -2.25. The van der Waals surface area contributed by atoms with Crippen molar-refractivity contribution in [3.8, 4) is 125 Å². The van der Waals surface area contributed by atoms with Crippen molar-refractivity contribution in [2.45, 2.75) is 119 Å². The van der Waals surface area contributed by atoms with Gasteiger partial charge in [-0.05, 0) is 240 Å². The lowest BCUT2D eigenvalue weighted by molar-refractivity contribution is -0.149. The second-order valence-corrected chi connectivity index (χ2v) is 34.7. The van der Waals surface area contributed by atoms with Gasteiger partial charge in [-0.15, -0.1) is 0 Å². The van der Waals surface area contributed by atoms with Gasteiger partial charge in [0.15, 0.2) is 5.84 Å². The Morgan fingerprint density at radius 2 is 0.852 bits per heavy atom. The van der Waals surface area contributed by atoms with Crippen molar-refractivity contribution >= 4 is 85.4 Å². The SMILES string of the molecule is CCOC(=O)C(=O)Cl.CCOC(=O)c1nc(-c2cccc(-c3nc4cc(-c5cncc(OC)c5)ccc4n3C(C)(C)C)c2)no1.COc1cncc(-c2ccc(NC(C)(C)C)c(N)c2)c1.COc1cncc(-c2ccc3c(c2)nc(-c2cccc(/C(N)=N\O)c2)n3C(C)(C)C)c1.COc1cncc(-c2ccc3c(c2)nc(-c2cccc(C#N)c2)n3C(C)(C)C)c1.N#Cc1cccc(C=O)c1. The molecule has 30 nitrogen and oxygen atoms in total. The monoisotopic (exact) mass is 1830 g/mol. The maximum Gasteiger partial charge on any atom is 0.397 e. The average molecular weight is 1830 g/mol. The van der Waals surface area contributed by atoms with Crippen LogP contribution in [0.15, 0.2) is 253 Å². The number of methoxy groups -OCH3 is 4. The highest BCUT2D eigenvalue weighted by Gasteiger charge is 2.28. The maximum absolute atomic E-state index is 12.0. The fourth-order valence-electron chi connectivity index (χ4n) is 14.3. The number of hydrogen-bond acceptors (Lipinski definition) is 26. The molecule has 0 aliphatic rings. The van der Waals surface area contributed by atoms with Crippen LogP contribution in [0.25, 0.3) is 123 Å². The van der Waals surface area contributed by atoms with Crippen molar-refractivity contribution in [1.82, 2.24) is 58.7 Å². The Kier molecular flexibility index (Phi) is 32.3. The van der Waals surface area contributed by atoms with Crippen molar-refractivity contribution in [1.29, 1.82) is 10.5 Å². The predicted octanol–water partition coefficient (Wildman–Crippen LogP) is 21.0. The minimum Gasteiger partial charge on any atom is -0.495 e. The molecule has 0 aliphatic carbocycles. The van der Waals surface area contributed by atoms with Crippen LogP contribution in [0, 0.1) is 22.7 Å². The Hall–Kier alpha value is -16.5. The Labute approximate surface area is 787 Å². The number of carbonyl (C=O) groups excluding carboxylic acids is 4. The average Bonchev–Trinajstić information content (AvgIpc) is 1.62. The smallest absolute Gasteiger partial charge is 0.397 e. The zero-order valence-electron chi connectivity index (χ0n) is 78.3. The molecule has 8 aromatic carbocycles. The molecular weight excluding hydrogens is 1730 g/mol. The van der Waals surface area contributed by atoms with E-state index in [1.165, 1.54) is 0 Å². The predicted molar refractivity (Wildman–Crippen MR) is 524 cm³/mol. The number of nitrogens with zero attached hydrogens (tertiary/aromatic N) is 15. The third-order valence-corrected chi connectivity index (χ3v) is 20.4. The van der Waals surface area contributed by atoms with E-state index in [4.69, 9.17) is 76.7 Å². The number of nitrogens with two attached hydrogens (primary N) is 2. The highest BCUT2D eigenvalue weighted by atomic mass is 35.5. The summed E-state index contributed by atoms with van der Waals surface area (Å²) in [5, 5.41) is 36.1. The van der Waals surface area contributed by atoms with Crippen LogP contribution in [0.1, 0.15) is 135 Å². The number of fused-ring (bicyclic) bond motifs is 3. The minimum absolute atomic E-state index is 0.0207. The van der Waals surface area contributed by atoms with Crippen LogP contribution in [0.2, 0.25) is 0 Å². The third kappa shape index (κ3) is 25.2. The van der Waals surface area contributed by atoms with Gasteiger partial charge >= 0.3 is 23.1 Å². The summed E-state index contributed by atoms with van der Waals surface area (Å²) in [5.74, 6) is 3.88. The first-order valence-electron chi connectivity index (χ1n) is 42.7. The molecular formula is C104H105ClN18O12. The van der Waals surface area contributed by atoms with Gasteiger partial charge < -0.3 is 68.6 Å². The first kappa shape index (κ1) is 99.1. The molecule has 0 fully saturated rings. The number of imidazole rings is 3. The van der Waals surface area contributed by atoms with Crippen LogP contribution in [0.4, 0.5) is 11.4 Å². The molecule has 0 aliphatic heterocycles. The summed E-state index contributed by atoms with van der Waals surface area (Å²) in [7, 11) is 6.52. The first-order chi connectivity index (χ1) is 64.4. The molecule has 31 heteroatoms. The van der Waals surface area contributed by atoms with E-state index in [9.17, 15) is 24.4 Å². The number of amidine groups is 1. The van der Waals surface area contributed by atoms with Gasteiger partial charge in [-0.25, -0.2) is 24.5 Å². The number of benzene rings is 8. The Morgan fingerprint density at radius 3 is 1.23 bits per heavy atom. The number of aromatic nitrogens is 12. The number of nitrogens with one attached hydrogen (secondary N) is 1. The van der Waals surface area contributed by atoms with Gasteiger partial charge in [0.05, 0.1) is 134 Å². The number of anilines is 2. The summed E-state index contributed by atoms with van der Waals surface area (Å²) in [6.07, 6.45) is 14.7. The van der Waals surface area contributed by atoms with E-state index >= 15 is 0 Å². The summed E-state index contributed by atoms with van der Waals surface area (Å²) in [6.45, 7) is 29.4. The van der Waals surface area contributed by atoms with Crippen LogP contribution >= 0.6 is 11.6 Å². The number of hydrogen-bond donors (Lipinski definition) is 4. The Balaban J connectivity index is 0.000000165. The van der Waals surface area contributed by atoms with Gasteiger partial charge in [0, 0.05) is 103 Å². The zero-order chi connectivity index (χ0) is 97.6. The van der Waals surface area contributed by atoms with Gasteiger partial charge in [0.25, 0.3) is 0 Å². The van der Waals surface area contributed by atoms with Crippen LogP contribution in [0.5, 0.6) is 23.0 Å². The highest BCUT2D eigenvalue weighted by Crippen LogP contribution is 2.40. The van der Waals surface area contributed by atoms with Crippen LogP contribution in [-0.2, 0) is 35.7 Å². The third-order valence-electron chi connectivity index (χ3n) is 20.3. The fourth-order valence-corrected chi connectivity index (χ4v) is 14.4. The minimum atomic E-state index is -1.08. The normalized spacial score (nSPS) is 11.2. The van der Waals surface area contributed by atoms with Crippen molar-refractivity contribution in [2.24, 2.45) is 10.9 Å². The second-order valence-electron chi connectivity index (χ2n) is 34.4. The van der Waals surface area contributed by atoms with Gasteiger partial charge in [0.2, 0.25) is 5.82 Å². The number of esters is 2. The first-order valence-corrected chi connectivity index (χ1v) is 43.1. The summed E-state index contributed by atoms with van der Waals surface area (Å²) in [6, 6.07) is 66.0. The lowest BCUT2D eigenvalue weighted by Crippen LogP contribution is -2.26. The van der Waals surface area contributed by atoms with E-state index < -0.39 is 17.2 Å². The molecule has 0 spiro atoms. The van der Waals surface area contributed by atoms with Crippen LogP contribution in [-0.4, -0.2) is 140 Å². The molecule has 0 bridgehead atoms. The molecule has 690 valence electrons. The zero-order valence-corrected chi connectivity index (χ0v) is 79.0. The molecule has 0 radical (unpaired) electrons. The van der Waals surface area contributed by atoms with Crippen LogP contribution < -0.4 is 35.7 Å². The van der Waals surface area contributed by atoms with Crippen molar-refractivity contribution in [2.75, 3.05) is 52.7 Å². The van der Waals surface area contributed by atoms with Crippen LogP contribution in [0.3, 0.4) is 0 Å². The van der Waals surface area contributed by atoms with E-state index in [1.807, 2.05) is 134 Å². The molecule has 0 saturated heterocycles. The van der Waals surface area contributed by atoms with E-state index in [-0.39, 0.29) is 47.1 Å². The standard InChI is InChI=1S/C28H27N5O4.C24H25N5O2.C24H22N4O.C16H21N3O.C8H5NO.C4H5ClO3/c1-6-36-27(34)26-31-24(32-37-26)18-8-7-9-19(12-18)25-30-22-14-17(20-13-21(35-5)16-29-15-20)10-11-23(22)33(25)28(2,3)4;1-24(2,3)29-21-9-8-15(18-11-19(31-4)14-26-13-18)12-20(21)27-23(29)17-7-5-6-16(10-17)22(25)28-30;1-24(2,3)28-22-9-8-17(19-11-20(29-4)15-26-14-19)12-21(22)27-23(28)18-7-5-6-16(10-18)13-25;1-16(2,3)19-15-6-5-11(8-14(15)17)12-7-13(20-4)10-18-9-12;9-5-7-2-1-3-8(4-7)6-10;1-2-8-4(7)3(5)6/h7-16H,6H2,1-5H3;5-14,30H,1-4H3,(H2,25,28);5-12,14-15H,1-4H3;5-10,19H,17H2,1-4H3;1-4,6H;2H2,1H3. The van der Waals surface area contributed by atoms with Crippen molar-refractivity contribution in [3.05, 3.63) is 272 Å². The number of nitrogen functional groups attached to an aromatic ring is 1. The number of oxime groups is 1. The molecule has 0 saturated carbocycles. The molecule has 16 rings (SSSR count). The molecule has 135 heavy (non-hydrogen) atoms. The summed E-state index contributed by atoms with van der Waals surface area (Å²) >= 11 is 4.69. The largest absolute Gasteiger partial charge is 0.495 e. The number of ether oxygens (including phenoxy) is 6. The second kappa shape index (κ2) is 44.0. The van der Waals surface area contributed by atoms with Gasteiger partial charge in [0.1, 0.15) is 46.8 Å². The van der Waals surface area contributed by atoms with E-state index in [1.54, 1.807) is 104 Å². The number of nitriles is 2. The Morgan fingerprint density at radius 1 is 0.467 bits per heavy atom. The molecule has 8 heterocycles. The topological polar surface area (TPSA) is 412 Å². The van der Waals surface area contributed by atoms with Gasteiger partial charge in [-0.3, -0.25) is 29.5 Å². The molecule has 0 unspecified atom stereocenters. The summed E-state index contributed by atoms with van der Waals surface area (Å²) in [4.78, 5) is 78.1. The maximum atomic E-state index is 12.0.